The quantitative estimate of drug-likeness (QED) is 0.486. The Hall–Kier alpha value is -3.39. The molecule has 1 saturated heterocycles. The van der Waals surface area contributed by atoms with Gasteiger partial charge in [-0.2, -0.15) is 0 Å². The fourth-order valence-corrected chi connectivity index (χ4v) is 3.86. The van der Waals surface area contributed by atoms with Gasteiger partial charge in [0.15, 0.2) is 0 Å². The summed E-state index contributed by atoms with van der Waals surface area (Å²) in [5.41, 5.74) is 12.5. The summed E-state index contributed by atoms with van der Waals surface area (Å²) in [6, 6.07) is 14.0. The number of ether oxygens (including phenoxy) is 1. The van der Waals surface area contributed by atoms with Crippen molar-refractivity contribution in [3.8, 4) is 5.75 Å². The Morgan fingerprint density at radius 2 is 1.91 bits per heavy atom. The number of amides is 3. The van der Waals surface area contributed by atoms with E-state index in [-0.39, 0.29) is 24.3 Å². The van der Waals surface area contributed by atoms with Gasteiger partial charge in [-0.15, -0.1) is 0 Å². The number of nitrogens with one attached hydrogen (secondary N) is 1. The van der Waals surface area contributed by atoms with Crippen LogP contribution in [0.2, 0.25) is 0 Å². The van der Waals surface area contributed by atoms with Crippen LogP contribution in [0.25, 0.3) is 0 Å². The minimum atomic E-state index is -0.552. The molecular weight excluding hydrogens is 408 g/mol. The number of primary amides is 2. The zero-order valence-electron chi connectivity index (χ0n) is 18.1. The molecule has 8 heteroatoms. The van der Waals surface area contributed by atoms with Crippen molar-refractivity contribution in [1.29, 1.82) is 0 Å². The first-order chi connectivity index (χ1) is 15.4. The van der Waals surface area contributed by atoms with Gasteiger partial charge in [0, 0.05) is 18.7 Å². The zero-order chi connectivity index (χ0) is 22.9. The van der Waals surface area contributed by atoms with Crippen LogP contribution in [0.3, 0.4) is 0 Å². The summed E-state index contributed by atoms with van der Waals surface area (Å²) in [5, 5.41) is 2.94. The van der Waals surface area contributed by atoms with Crippen molar-refractivity contribution < 1.29 is 19.1 Å². The number of nitrogens with zero attached hydrogens (tertiary/aromatic N) is 1. The summed E-state index contributed by atoms with van der Waals surface area (Å²) < 4.78 is 5.74. The maximum absolute atomic E-state index is 12.5. The predicted octanol–water partition coefficient (Wildman–Crippen LogP) is 1.68. The maximum Gasteiger partial charge on any atom is 0.252 e. The molecule has 8 nitrogen and oxygen atoms in total. The Kier molecular flexibility index (Phi) is 8.21. The molecule has 0 bridgehead atoms. The lowest BCUT2D eigenvalue weighted by Gasteiger charge is -2.31. The second-order valence-corrected chi connectivity index (χ2v) is 8.00. The van der Waals surface area contributed by atoms with Crippen LogP contribution in [0, 0.1) is 5.92 Å². The van der Waals surface area contributed by atoms with Crippen LogP contribution in [-0.4, -0.2) is 48.8 Å². The second-order valence-electron chi connectivity index (χ2n) is 8.00. The number of piperidine rings is 1. The third kappa shape index (κ3) is 6.55. The van der Waals surface area contributed by atoms with E-state index in [9.17, 15) is 14.4 Å². The zero-order valence-corrected chi connectivity index (χ0v) is 18.1. The van der Waals surface area contributed by atoms with Gasteiger partial charge < -0.3 is 26.4 Å². The number of carbonyl (C=O) groups is 3. The van der Waals surface area contributed by atoms with Crippen molar-refractivity contribution >= 4 is 17.7 Å². The third-order valence-electron chi connectivity index (χ3n) is 5.58. The molecule has 3 amide bonds. The van der Waals surface area contributed by atoms with Gasteiger partial charge in [0.25, 0.3) is 11.8 Å². The average molecular weight is 439 g/mol. The molecular formula is C24H30N4O4. The highest BCUT2D eigenvalue weighted by molar-refractivity contribution is 5.95. The van der Waals surface area contributed by atoms with E-state index in [1.54, 1.807) is 42.5 Å². The van der Waals surface area contributed by atoms with E-state index in [1.807, 2.05) is 6.07 Å². The van der Waals surface area contributed by atoms with E-state index < -0.39 is 5.91 Å². The van der Waals surface area contributed by atoms with Crippen LogP contribution in [0.15, 0.2) is 48.5 Å². The van der Waals surface area contributed by atoms with Crippen LogP contribution >= 0.6 is 0 Å². The molecule has 0 aliphatic carbocycles. The molecule has 1 fully saturated rings. The van der Waals surface area contributed by atoms with Crippen molar-refractivity contribution in [2.75, 3.05) is 26.2 Å². The highest BCUT2D eigenvalue weighted by Gasteiger charge is 2.23. The number of hydrogen-bond acceptors (Lipinski definition) is 5. The van der Waals surface area contributed by atoms with Crippen LogP contribution in [0.1, 0.15) is 45.5 Å². The minimum Gasteiger partial charge on any atom is -0.488 e. The third-order valence-corrected chi connectivity index (χ3v) is 5.58. The highest BCUT2D eigenvalue weighted by Crippen LogP contribution is 2.19. The molecule has 0 saturated carbocycles. The lowest BCUT2D eigenvalue weighted by Crippen LogP contribution is -2.42. The molecule has 0 spiro atoms. The van der Waals surface area contributed by atoms with E-state index in [2.05, 4.69) is 10.2 Å². The molecule has 1 aliphatic heterocycles. The van der Waals surface area contributed by atoms with Gasteiger partial charge in [-0.25, -0.2) is 0 Å². The fourth-order valence-electron chi connectivity index (χ4n) is 3.86. The molecule has 1 aliphatic rings. The van der Waals surface area contributed by atoms with Gasteiger partial charge in [0.1, 0.15) is 12.4 Å². The molecule has 0 aromatic heterocycles. The van der Waals surface area contributed by atoms with Gasteiger partial charge in [-0.05, 0) is 62.2 Å². The van der Waals surface area contributed by atoms with Crippen molar-refractivity contribution in [2.45, 2.75) is 25.9 Å². The maximum atomic E-state index is 12.5. The number of carbonyl (C=O) groups excluding carboxylic acids is 3. The SMILES string of the molecule is NC(=O)c1ccccc1OCc1cccc(C(=O)NCCCN2CCCC(C(N)=O)C2)c1. The smallest absolute Gasteiger partial charge is 0.252 e. The largest absolute Gasteiger partial charge is 0.488 e. The summed E-state index contributed by atoms with van der Waals surface area (Å²) in [5.74, 6) is -0.601. The molecule has 0 radical (unpaired) electrons. The number of benzene rings is 2. The molecule has 2 aromatic rings. The van der Waals surface area contributed by atoms with Crippen molar-refractivity contribution in [3.63, 3.8) is 0 Å². The van der Waals surface area contributed by atoms with Gasteiger partial charge in [0.2, 0.25) is 5.91 Å². The van der Waals surface area contributed by atoms with Crippen LogP contribution < -0.4 is 21.5 Å². The summed E-state index contributed by atoms with van der Waals surface area (Å²) in [6.07, 6.45) is 2.62. The molecule has 1 heterocycles. The lowest BCUT2D eigenvalue weighted by atomic mass is 9.97. The Bertz CT molecular complexity index is 963. The van der Waals surface area contributed by atoms with Crippen molar-refractivity contribution in [1.82, 2.24) is 10.2 Å². The molecule has 1 atom stereocenters. The Morgan fingerprint density at radius 3 is 2.69 bits per heavy atom. The van der Waals surface area contributed by atoms with E-state index in [0.717, 1.165) is 37.9 Å². The van der Waals surface area contributed by atoms with Gasteiger partial charge >= 0.3 is 0 Å². The number of hydrogen-bond donors (Lipinski definition) is 3. The Balaban J connectivity index is 1.46. The first-order valence-corrected chi connectivity index (χ1v) is 10.8. The van der Waals surface area contributed by atoms with Gasteiger partial charge in [0.05, 0.1) is 11.5 Å². The van der Waals surface area contributed by atoms with E-state index in [4.69, 9.17) is 16.2 Å². The Labute approximate surface area is 187 Å². The van der Waals surface area contributed by atoms with Crippen LogP contribution in [-0.2, 0) is 11.4 Å². The molecule has 5 N–H and O–H groups in total. The normalized spacial score (nSPS) is 16.3. The monoisotopic (exact) mass is 438 g/mol. The van der Waals surface area contributed by atoms with Crippen LogP contribution in [0.4, 0.5) is 0 Å². The van der Waals surface area contributed by atoms with Crippen molar-refractivity contribution in [2.24, 2.45) is 17.4 Å². The minimum absolute atomic E-state index is 0.0711. The summed E-state index contributed by atoms with van der Waals surface area (Å²) in [6.45, 7) is 3.23. The van der Waals surface area contributed by atoms with E-state index >= 15 is 0 Å². The average Bonchev–Trinajstić information content (AvgIpc) is 2.81. The van der Waals surface area contributed by atoms with E-state index in [0.29, 0.717) is 30.0 Å². The number of likely N-dealkylation sites (tertiary alicyclic amines) is 1. The predicted molar refractivity (Wildman–Crippen MR) is 121 cm³/mol. The summed E-state index contributed by atoms with van der Waals surface area (Å²) >= 11 is 0. The molecule has 170 valence electrons. The first-order valence-electron chi connectivity index (χ1n) is 10.8. The summed E-state index contributed by atoms with van der Waals surface area (Å²) in [7, 11) is 0. The molecule has 1 unspecified atom stereocenters. The number of nitrogens with two attached hydrogens (primary N) is 2. The standard InChI is InChI=1S/C24H30N4O4/c25-22(29)19-8-4-12-28(15-19)13-5-11-27-24(31)18-7-3-6-17(14-18)16-32-21-10-2-1-9-20(21)23(26)30/h1-3,6-7,9-10,14,19H,4-5,8,11-13,15-16H2,(H2,25,29)(H2,26,30)(H,27,31). The van der Waals surface area contributed by atoms with E-state index in [1.165, 1.54) is 0 Å². The summed E-state index contributed by atoms with van der Waals surface area (Å²) in [4.78, 5) is 37.6. The highest BCUT2D eigenvalue weighted by atomic mass is 16.5. The van der Waals surface area contributed by atoms with Gasteiger partial charge in [-0.3, -0.25) is 14.4 Å². The first kappa shape index (κ1) is 23.3. The number of rotatable bonds is 10. The van der Waals surface area contributed by atoms with Crippen LogP contribution in [0.5, 0.6) is 5.75 Å². The molecule has 32 heavy (non-hydrogen) atoms. The van der Waals surface area contributed by atoms with Gasteiger partial charge in [-0.1, -0.05) is 24.3 Å². The topological polar surface area (TPSA) is 128 Å². The molecule has 3 rings (SSSR count). The fraction of sp³-hybridized carbons (Fsp3) is 0.375. The number of para-hydroxylation sites is 1. The second kappa shape index (κ2) is 11.3. The Morgan fingerprint density at radius 1 is 1.09 bits per heavy atom. The van der Waals surface area contributed by atoms with Crippen molar-refractivity contribution in [3.05, 3.63) is 65.2 Å². The molecule has 2 aromatic carbocycles. The lowest BCUT2D eigenvalue weighted by molar-refractivity contribution is -0.123.